The van der Waals surface area contributed by atoms with E-state index >= 15 is 0 Å². The van der Waals surface area contributed by atoms with Crippen LogP contribution in [0.25, 0.3) is 0 Å². The molecular formula is C68H120NO8P. The lowest BCUT2D eigenvalue weighted by molar-refractivity contribution is -0.870. The van der Waals surface area contributed by atoms with Crippen LogP contribution in [0.4, 0.5) is 0 Å². The van der Waals surface area contributed by atoms with E-state index in [-0.39, 0.29) is 26.1 Å². The number of esters is 2. The van der Waals surface area contributed by atoms with Gasteiger partial charge in [0, 0.05) is 12.8 Å². The predicted octanol–water partition coefficient (Wildman–Crippen LogP) is 19.7. The molecule has 0 rings (SSSR count). The van der Waals surface area contributed by atoms with Gasteiger partial charge in [-0.25, -0.2) is 0 Å². The molecule has 0 heterocycles. The number of likely N-dealkylation sites (N-methyl/N-ethyl adjacent to an activating group) is 1. The molecule has 0 aliphatic rings. The van der Waals surface area contributed by atoms with E-state index < -0.39 is 32.5 Å². The number of hydrogen-bond acceptors (Lipinski definition) is 8. The topological polar surface area (TPSA) is 111 Å². The van der Waals surface area contributed by atoms with Crippen LogP contribution in [-0.2, 0) is 32.7 Å². The Kier molecular flexibility index (Phi) is 56.3. The molecule has 0 fully saturated rings. The molecule has 0 bridgehead atoms. The van der Waals surface area contributed by atoms with Crippen LogP contribution in [0.2, 0.25) is 0 Å². The highest BCUT2D eigenvalue weighted by Crippen LogP contribution is 2.38. The molecule has 0 aromatic rings. The standard InChI is InChI=1S/C68H120NO8P/c1-6-8-10-12-14-16-18-20-22-24-26-28-30-32-33-34-35-37-38-40-42-44-46-48-50-52-54-56-58-60-67(70)74-64-66(65-76-78(72,73)75-63-62-69(3,4)5)77-68(71)61-59-57-55-53-51-49-47-45-43-41-39-36-31-29-27-25-23-21-19-17-15-13-11-9-7-2/h9,11,15,17,21,23-24,26-27,29,36,39,43,45,49,51,66H,6-8,10,12-14,16,18-20,22,25,28,30-35,37-38,40-42,44,46-48,50,52-65H2,1-5H3/b11-9-,17-15-,23-21-,26-24-,29-27-,39-36-,45-43-,51-49-. The molecule has 0 saturated carbocycles. The van der Waals surface area contributed by atoms with E-state index in [2.05, 4.69) is 111 Å². The van der Waals surface area contributed by atoms with Gasteiger partial charge in [-0.15, -0.1) is 0 Å². The molecular weight excluding hydrogens is 990 g/mol. The quantitative estimate of drug-likeness (QED) is 0.0195. The average Bonchev–Trinajstić information content (AvgIpc) is 3.40. The molecule has 10 heteroatoms. The summed E-state index contributed by atoms with van der Waals surface area (Å²) in [6.45, 7) is 4.10. The minimum Gasteiger partial charge on any atom is -0.756 e. The molecule has 0 N–H and O–H groups in total. The van der Waals surface area contributed by atoms with Gasteiger partial charge in [-0.2, -0.15) is 0 Å². The number of allylic oxidation sites excluding steroid dienone is 16. The van der Waals surface area contributed by atoms with Gasteiger partial charge in [0.25, 0.3) is 7.82 Å². The Hall–Kier alpha value is -3.07. The van der Waals surface area contributed by atoms with E-state index in [4.69, 9.17) is 18.5 Å². The maximum Gasteiger partial charge on any atom is 0.306 e. The van der Waals surface area contributed by atoms with Crippen LogP contribution in [0.1, 0.15) is 271 Å². The molecule has 0 aliphatic carbocycles. The number of hydrogen-bond donors (Lipinski definition) is 0. The average molecular weight is 1110 g/mol. The van der Waals surface area contributed by atoms with Crippen LogP contribution in [0.5, 0.6) is 0 Å². The number of phosphoric ester groups is 1. The van der Waals surface area contributed by atoms with Crippen molar-refractivity contribution in [3.8, 4) is 0 Å². The van der Waals surface area contributed by atoms with Crippen molar-refractivity contribution < 1.29 is 42.1 Å². The molecule has 0 aromatic heterocycles. The van der Waals surface area contributed by atoms with Gasteiger partial charge in [0.2, 0.25) is 0 Å². The second-order valence-electron chi connectivity index (χ2n) is 22.4. The van der Waals surface area contributed by atoms with Crippen molar-refractivity contribution in [3.63, 3.8) is 0 Å². The monoisotopic (exact) mass is 1110 g/mol. The lowest BCUT2D eigenvalue weighted by atomic mass is 10.0. The fourth-order valence-electron chi connectivity index (χ4n) is 8.69. The fraction of sp³-hybridized carbons (Fsp3) is 0.735. The van der Waals surface area contributed by atoms with Crippen molar-refractivity contribution in [2.24, 2.45) is 0 Å². The van der Waals surface area contributed by atoms with Crippen LogP contribution < -0.4 is 4.89 Å². The molecule has 0 amide bonds. The van der Waals surface area contributed by atoms with E-state index in [1.54, 1.807) is 0 Å². The predicted molar refractivity (Wildman–Crippen MR) is 332 cm³/mol. The highest BCUT2D eigenvalue weighted by molar-refractivity contribution is 7.45. The largest absolute Gasteiger partial charge is 0.756 e. The van der Waals surface area contributed by atoms with Crippen molar-refractivity contribution in [1.82, 2.24) is 0 Å². The van der Waals surface area contributed by atoms with Gasteiger partial charge in [-0.05, 0) is 96.3 Å². The van der Waals surface area contributed by atoms with Crippen molar-refractivity contribution >= 4 is 19.8 Å². The summed E-state index contributed by atoms with van der Waals surface area (Å²) in [6.07, 6.45) is 80.5. The van der Waals surface area contributed by atoms with Crippen LogP contribution in [0.3, 0.4) is 0 Å². The van der Waals surface area contributed by atoms with Crippen LogP contribution >= 0.6 is 7.82 Å². The summed E-state index contributed by atoms with van der Waals surface area (Å²) in [5.74, 6) is -0.869. The zero-order chi connectivity index (χ0) is 57.0. The van der Waals surface area contributed by atoms with Crippen molar-refractivity contribution in [1.29, 1.82) is 0 Å². The molecule has 0 saturated heterocycles. The molecule has 2 unspecified atom stereocenters. The van der Waals surface area contributed by atoms with Gasteiger partial charge < -0.3 is 27.9 Å². The summed E-state index contributed by atoms with van der Waals surface area (Å²) < 4.78 is 34.2. The van der Waals surface area contributed by atoms with E-state index in [1.807, 2.05) is 21.1 Å². The molecule has 9 nitrogen and oxygen atoms in total. The molecule has 0 radical (unpaired) electrons. The highest BCUT2D eigenvalue weighted by Gasteiger charge is 2.22. The summed E-state index contributed by atoms with van der Waals surface area (Å²) in [5, 5.41) is 0. The summed E-state index contributed by atoms with van der Waals surface area (Å²) in [7, 11) is 1.14. The Labute approximate surface area is 481 Å². The van der Waals surface area contributed by atoms with Crippen LogP contribution in [0, 0.1) is 0 Å². The summed E-state index contributed by atoms with van der Waals surface area (Å²) in [4.78, 5) is 38.0. The Morgan fingerprint density at radius 3 is 1.12 bits per heavy atom. The third-order valence-electron chi connectivity index (χ3n) is 13.6. The van der Waals surface area contributed by atoms with Crippen molar-refractivity contribution in [2.75, 3.05) is 47.5 Å². The van der Waals surface area contributed by atoms with Gasteiger partial charge in [-0.1, -0.05) is 259 Å². The number of quaternary nitrogens is 1. The van der Waals surface area contributed by atoms with Crippen LogP contribution in [0.15, 0.2) is 97.2 Å². The number of rotatable bonds is 58. The van der Waals surface area contributed by atoms with Crippen molar-refractivity contribution in [2.45, 2.75) is 277 Å². The summed E-state index contributed by atoms with van der Waals surface area (Å²) in [5.41, 5.74) is 0. The van der Waals surface area contributed by atoms with Gasteiger partial charge in [-0.3, -0.25) is 14.2 Å². The van der Waals surface area contributed by atoms with E-state index in [0.29, 0.717) is 17.4 Å². The highest BCUT2D eigenvalue weighted by atomic mass is 31.2. The maximum atomic E-state index is 12.8. The van der Waals surface area contributed by atoms with Gasteiger partial charge in [0.15, 0.2) is 6.10 Å². The normalized spacial score (nSPS) is 13.9. The van der Waals surface area contributed by atoms with E-state index in [1.165, 1.54) is 154 Å². The lowest BCUT2D eigenvalue weighted by Crippen LogP contribution is -2.37. The zero-order valence-electron chi connectivity index (χ0n) is 51.1. The molecule has 0 spiro atoms. The second-order valence-corrected chi connectivity index (χ2v) is 23.8. The van der Waals surface area contributed by atoms with Gasteiger partial charge >= 0.3 is 11.9 Å². The first-order valence-electron chi connectivity index (χ1n) is 31.9. The molecule has 0 aromatic carbocycles. The zero-order valence-corrected chi connectivity index (χ0v) is 52.0. The number of carbonyl (C=O) groups is 2. The lowest BCUT2D eigenvalue weighted by Gasteiger charge is -2.28. The first-order chi connectivity index (χ1) is 38.0. The number of ether oxygens (including phenoxy) is 2. The second kappa shape index (κ2) is 58.6. The maximum absolute atomic E-state index is 12.8. The Bertz CT molecular complexity index is 1640. The number of unbranched alkanes of at least 4 members (excludes halogenated alkanes) is 28. The summed E-state index contributed by atoms with van der Waals surface area (Å²) in [6, 6.07) is 0. The first-order valence-corrected chi connectivity index (χ1v) is 33.4. The molecule has 0 aliphatic heterocycles. The SMILES string of the molecule is CC/C=C\C/C=C\C/C=C\C/C=C\C/C=C\C/C=C\C/C=C\CCCCCC(=O)OC(COC(=O)CCCCCCCCCCCCCCCCCCC/C=C\CCCCCCCCCC)COP(=O)([O-])OCC[N+](C)(C)C. The Morgan fingerprint density at radius 1 is 0.410 bits per heavy atom. The number of carbonyl (C=O) groups excluding carboxylic acids is 2. The summed E-state index contributed by atoms with van der Waals surface area (Å²) >= 11 is 0. The minimum absolute atomic E-state index is 0.0417. The van der Waals surface area contributed by atoms with Crippen LogP contribution in [-0.4, -0.2) is 70.0 Å². The number of phosphoric acid groups is 1. The Balaban J connectivity index is 4.16. The van der Waals surface area contributed by atoms with E-state index in [0.717, 1.165) is 83.5 Å². The Morgan fingerprint density at radius 2 is 0.731 bits per heavy atom. The first kappa shape index (κ1) is 74.9. The molecule has 450 valence electrons. The fourth-order valence-corrected chi connectivity index (χ4v) is 9.42. The minimum atomic E-state index is -4.65. The van der Waals surface area contributed by atoms with Gasteiger partial charge in [0.1, 0.15) is 19.8 Å². The molecule has 78 heavy (non-hydrogen) atoms. The third kappa shape index (κ3) is 62.1. The van der Waals surface area contributed by atoms with Gasteiger partial charge in [0.05, 0.1) is 27.7 Å². The smallest absolute Gasteiger partial charge is 0.306 e. The van der Waals surface area contributed by atoms with Crippen molar-refractivity contribution in [3.05, 3.63) is 97.2 Å². The number of nitrogens with zero attached hydrogens (tertiary/aromatic N) is 1. The molecule has 2 atom stereocenters. The van der Waals surface area contributed by atoms with E-state index in [9.17, 15) is 19.0 Å². The third-order valence-corrected chi connectivity index (χ3v) is 14.6.